The minimum absolute atomic E-state index is 0.175. The van der Waals surface area contributed by atoms with E-state index in [4.69, 9.17) is 12.2 Å². The Hall–Kier alpha value is -2.90. The van der Waals surface area contributed by atoms with Gasteiger partial charge in [0.15, 0.2) is 5.11 Å². The summed E-state index contributed by atoms with van der Waals surface area (Å²) in [7, 11) is -3.64. The van der Waals surface area contributed by atoms with E-state index in [1.54, 1.807) is 36.4 Å². The Labute approximate surface area is 164 Å². The standard InChI is InChI=1S/C20H19N3O2S2/c1-15-7-9-16(10-8-15)21-20(26)22-17-11-13-19(14-12-17)27(24,25)23-18-5-3-2-4-6-18/h2-14,23H,1H3,(H2,21,22,26). The summed E-state index contributed by atoms with van der Waals surface area (Å²) in [4.78, 5) is 0.175. The normalized spacial score (nSPS) is 10.9. The Morgan fingerprint density at radius 3 is 1.81 bits per heavy atom. The third kappa shape index (κ3) is 5.29. The second-order valence-corrected chi connectivity index (χ2v) is 8.03. The van der Waals surface area contributed by atoms with Crippen molar-refractivity contribution in [2.24, 2.45) is 0 Å². The van der Waals surface area contributed by atoms with Crippen LogP contribution in [0.5, 0.6) is 0 Å². The van der Waals surface area contributed by atoms with Crippen molar-refractivity contribution in [3.63, 3.8) is 0 Å². The van der Waals surface area contributed by atoms with Crippen molar-refractivity contribution in [1.82, 2.24) is 0 Å². The number of rotatable bonds is 5. The van der Waals surface area contributed by atoms with Crippen LogP contribution in [0.15, 0.2) is 83.8 Å². The molecule has 0 aliphatic rings. The molecule has 0 spiro atoms. The van der Waals surface area contributed by atoms with Gasteiger partial charge < -0.3 is 10.6 Å². The smallest absolute Gasteiger partial charge is 0.261 e. The highest BCUT2D eigenvalue weighted by Gasteiger charge is 2.13. The van der Waals surface area contributed by atoms with Gasteiger partial charge in [-0.1, -0.05) is 35.9 Å². The van der Waals surface area contributed by atoms with E-state index in [1.807, 2.05) is 37.3 Å². The Kier molecular flexibility index (Phi) is 5.73. The van der Waals surface area contributed by atoms with Crippen LogP contribution in [-0.4, -0.2) is 13.5 Å². The van der Waals surface area contributed by atoms with Gasteiger partial charge in [0.2, 0.25) is 0 Å². The molecular weight excluding hydrogens is 378 g/mol. The third-order valence-electron chi connectivity index (χ3n) is 3.76. The molecule has 0 aromatic heterocycles. The van der Waals surface area contributed by atoms with Crippen LogP contribution < -0.4 is 15.4 Å². The van der Waals surface area contributed by atoms with E-state index in [0.717, 1.165) is 5.69 Å². The Balaban J connectivity index is 1.64. The highest BCUT2D eigenvalue weighted by Crippen LogP contribution is 2.18. The van der Waals surface area contributed by atoms with Crippen LogP contribution in [0.2, 0.25) is 0 Å². The molecule has 7 heteroatoms. The first kappa shape index (κ1) is 18.9. The van der Waals surface area contributed by atoms with Gasteiger partial charge in [0.05, 0.1) is 4.90 Å². The molecule has 138 valence electrons. The van der Waals surface area contributed by atoms with Crippen molar-refractivity contribution < 1.29 is 8.42 Å². The predicted octanol–water partition coefficient (Wildman–Crippen LogP) is 4.60. The van der Waals surface area contributed by atoms with Gasteiger partial charge in [-0.3, -0.25) is 4.72 Å². The van der Waals surface area contributed by atoms with Gasteiger partial charge >= 0.3 is 0 Å². The third-order valence-corrected chi connectivity index (χ3v) is 5.36. The second kappa shape index (κ2) is 8.20. The maximum atomic E-state index is 12.4. The quantitative estimate of drug-likeness (QED) is 0.549. The largest absolute Gasteiger partial charge is 0.332 e. The molecule has 3 aromatic rings. The monoisotopic (exact) mass is 397 g/mol. The zero-order chi connectivity index (χ0) is 19.3. The van der Waals surface area contributed by atoms with E-state index in [9.17, 15) is 8.42 Å². The van der Waals surface area contributed by atoms with E-state index in [-0.39, 0.29) is 4.90 Å². The average Bonchev–Trinajstić information content (AvgIpc) is 2.64. The van der Waals surface area contributed by atoms with Gasteiger partial charge in [-0.15, -0.1) is 0 Å². The second-order valence-electron chi connectivity index (χ2n) is 5.94. The number of hydrogen-bond acceptors (Lipinski definition) is 3. The van der Waals surface area contributed by atoms with E-state index >= 15 is 0 Å². The highest BCUT2D eigenvalue weighted by molar-refractivity contribution is 7.92. The van der Waals surface area contributed by atoms with Crippen LogP contribution in [0, 0.1) is 6.92 Å². The van der Waals surface area contributed by atoms with Crippen molar-refractivity contribution in [1.29, 1.82) is 0 Å². The fraction of sp³-hybridized carbons (Fsp3) is 0.0500. The summed E-state index contributed by atoms with van der Waals surface area (Å²) in [6, 6.07) is 23.0. The number of anilines is 3. The number of thiocarbonyl (C=S) groups is 1. The fourth-order valence-electron chi connectivity index (χ4n) is 2.37. The summed E-state index contributed by atoms with van der Waals surface area (Å²) in [5.41, 5.74) is 3.26. The van der Waals surface area contributed by atoms with Gasteiger partial charge in [0.25, 0.3) is 10.0 Å². The van der Waals surface area contributed by atoms with Crippen molar-refractivity contribution in [3.8, 4) is 0 Å². The molecule has 0 heterocycles. The lowest BCUT2D eigenvalue weighted by Crippen LogP contribution is -2.19. The lowest BCUT2D eigenvalue weighted by atomic mass is 10.2. The highest BCUT2D eigenvalue weighted by atomic mass is 32.2. The number of para-hydroxylation sites is 1. The molecule has 27 heavy (non-hydrogen) atoms. The summed E-state index contributed by atoms with van der Waals surface area (Å²) >= 11 is 5.29. The fourth-order valence-corrected chi connectivity index (χ4v) is 3.66. The van der Waals surface area contributed by atoms with Gasteiger partial charge in [-0.25, -0.2) is 8.42 Å². The molecule has 0 amide bonds. The molecule has 0 bridgehead atoms. The molecule has 0 fully saturated rings. The lowest BCUT2D eigenvalue weighted by molar-refractivity contribution is 0.601. The van der Waals surface area contributed by atoms with Crippen molar-refractivity contribution in [2.75, 3.05) is 15.4 Å². The first-order valence-corrected chi connectivity index (χ1v) is 10.1. The molecule has 3 aromatic carbocycles. The summed E-state index contributed by atoms with van der Waals surface area (Å²) in [6.07, 6.45) is 0. The van der Waals surface area contributed by atoms with Gasteiger partial charge in [-0.05, 0) is 67.7 Å². The minimum Gasteiger partial charge on any atom is -0.332 e. The molecule has 0 saturated carbocycles. The SMILES string of the molecule is Cc1ccc(NC(=S)Nc2ccc(S(=O)(=O)Nc3ccccc3)cc2)cc1. The van der Waals surface area contributed by atoms with E-state index < -0.39 is 10.0 Å². The number of nitrogens with one attached hydrogen (secondary N) is 3. The number of aryl methyl sites for hydroxylation is 1. The van der Waals surface area contributed by atoms with Gasteiger partial charge in [0, 0.05) is 17.1 Å². The van der Waals surface area contributed by atoms with Crippen molar-refractivity contribution >= 4 is 44.4 Å². The maximum absolute atomic E-state index is 12.4. The van der Waals surface area contributed by atoms with Crippen LogP contribution in [-0.2, 0) is 10.0 Å². The van der Waals surface area contributed by atoms with E-state index in [0.29, 0.717) is 16.5 Å². The van der Waals surface area contributed by atoms with Crippen LogP contribution >= 0.6 is 12.2 Å². The number of benzene rings is 3. The molecule has 0 aliphatic carbocycles. The Morgan fingerprint density at radius 2 is 1.26 bits per heavy atom. The first-order valence-electron chi connectivity index (χ1n) is 8.25. The maximum Gasteiger partial charge on any atom is 0.261 e. The molecule has 0 saturated heterocycles. The minimum atomic E-state index is -3.64. The first-order chi connectivity index (χ1) is 12.9. The molecule has 3 N–H and O–H groups in total. The van der Waals surface area contributed by atoms with Crippen LogP contribution in [0.25, 0.3) is 0 Å². The average molecular weight is 398 g/mol. The summed E-state index contributed by atoms with van der Waals surface area (Å²) < 4.78 is 27.4. The molecule has 3 rings (SSSR count). The molecule has 0 atom stereocenters. The summed E-state index contributed by atoms with van der Waals surface area (Å²) in [6.45, 7) is 2.02. The predicted molar refractivity (Wildman–Crippen MR) is 115 cm³/mol. The molecule has 0 aliphatic heterocycles. The lowest BCUT2D eigenvalue weighted by Gasteiger charge is -2.12. The molecular formula is C20H19N3O2S2. The summed E-state index contributed by atoms with van der Waals surface area (Å²) in [5, 5.41) is 6.55. The molecule has 0 unspecified atom stereocenters. The van der Waals surface area contributed by atoms with Crippen LogP contribution in [0.4, 0.5) is 17.1 Å². The van der Waals surface area contributed by atoms with Gasteiger partial charge in [-0.2, -0.15) is 0 Å². The zero-order valence-corrected chi connectivity index (χ0v) is 16.3. The molecule has 0 radical (unpaired) electrons. The molecule has 5 nitrogen and oxygen atoms in total. The zero-order valence-electron chi connectivity index (χ0n) is 14.6. The number of sulfonamides is 1. The number of hydrogen-bond donors (Lipinski definition) is 3. The van der Waals surface area contributed by atoms with Crippen molar-refractivity contribution in [3.05, 3.63) is 84.4 Å². The van der Waals surface area contributed by atoms with Crippen LogP contribution in [0.1, 0.15) is 5.56 Å². The van der Waals surface area contributed by atoms with Crippen molar-refractivity contribution in [2.45, 2.75) is 11.8 Å². The van der Waals surface area contributed by atoms with Gasteiger partial charge in [0.1, 0.15) is 0 Å². The topological polar surface area (TPSA) is 70.2 Å². The Morgan fingerprint density at radius 1 is 0.741 bits per heavy atom. The van der Waals surface area contributed by atoms with E-state index in [2.05, 4.69) is 15.4 Å². The van der Waals surface area contributed by atoms with E-state index in [1.165, 1.54) is 17.7 Å². The summed E-state index contributed by atoms with van der Waals surface area (Å²) in [5.74, 6) is 0. The Bertz CT molecular complexity index is 1020. The van der Waals surface area contributed by atoms with Crippen LogP contribution in [0.3, 0.4) is 0 Å².